The molecule has 1 aliphatic carbocycles. The van der Waals surface area contributed by atoms with E-state index < -0.39 is 17.8 Å². The van der Waals surface area contributed by atoms with Gasteiger partial charge in [-0.15, -0.1) is 0 Å². The predicted octanol–water partition coefficient (Wildman–Crippen LogP) is 4.09. The van der Waals surface area contributed by atoms with Crippen molar-refractivity contribution < 1.29 is 18.7 Å². The van der Waals surface area contributed by atoms with Crippen LogP contribution in [0.25, 0.3) is 11.0 Å². The van der Waals surface area contributed by atoms with Crippen LogP contribution in [-0.2, 0) is 14.3 Å². The molecule has 0 bridgehead atoms. The molecule has 4 rings (SSSR count). The lowest BCUT2D eigenvalue weighted by molar-refractivity contribution is -0.136. The van der Waals surface area contributed by atoms with Gasteiger partial charge in [0.1, 0.15) is 11.4 Å². The number of aryl methyl sites for hydroxylation is 1. The molecular weight excluding hydrogens is 382 g/mol. The Bertz CT molecular complexity index is 1200. The van der Waals surface area contributed by atoms with E-state index in [4.69, 9.17) is 9.15 Å². The topological polar surface area (TPSA) is 85.9 Å². The van der Waals surface area contributed by atoms with Crippen LogP contribution in [0, 0.1) is 18.3 Å². The summed E-state index contributed by atoms with van der Waals surface area (Å²) >= 11 is 0. The molecule has 2 aliphatic rings. The Labute approximate surface area is 174 Å². The standard InChI is InChI=1S/C24H25NO5/c1-12-6-7-18-14(8-12)22(27)15(11-30-18)20-19(23(28)29-5)13(2)25-16-9-24(3,4)10-17(26)21(16)20/h6-8,11,20-21H,9-10H2,1-5H3/t20-,21?/m1/s1. The summed E-state index contributed by atoms with van der Waals surface area (Å²) in [6, 6.07) is 5.38. The number of carbonyl (C=O) groups excluding carboxylic acids is 2. The smallest absolute Gasteiger partial charge is 0.336 e. The second-order valence-electron chi connectivity index (χ2n) is 9.05. The molecule has 0 N–H and O–H groups in total. The molecule has 6 nitrogen and oxygen atoms in total. The fourth-order valence-electron chi connectivity index (χ4n) is 4.78. The van der Waals surface area contributed by atoms with Crippen molar-refractivity contribution in [2.75, 3.05) is 7.11 Å². The molecule has 0 amide bonds. The highest BCUT2D eigenvalue weighted by Gasteiger charge is 2.48. The maximum atomic E-state index is 13.5. The van der Waals surface area contributed by atoms with Gasteiger partial charge in [0.05, 0.1) is 30.3 Å². The molecule has 1 aliphatic heterocycles. The Morgan fingerprint density at radius 3 is 2.60 bits per heavy atom. The van der Waals surface area contributed by atoms with Gasteiger partial charge >= 0.3 is 5.97 Å². The molecule has 6 heteroatoms. The first-order valence-electron chi connectivity index (χ1n) is 10.0. The van der Waals surface area contributed by atoms with Gasteiger partial charge in [-0.05, 0) is 37.8 Å². The number of hydrogen-bond donors (Lipinski definition) is 0. The molecule has 0 spiro atoms. The summed E-state index contributed by atoms with van der Waals surface area (Å²) in [4.78, 5) is 44.0. The number of hydrogen-bond acceptors (Lipinski definition) is 6. The highest BCUT2D eigenvalue weighted by Crippen LogP contribution is 2.46. The van der Waals surface area contributed by atoms with Gasteiger partial charge in [0.2, 0.25) is 0 Å². The Kier molecular flexibility index (Phi) is 4.76. The number of ketones is 1. The van der Waals surface area contributed by atoms with Crippen molar-refractivity contribution in [2.45, 2.75) is 46.5 Å². The van der Waals surface area contributed by atoms with E-state index in [1.165, 1.54) is 13.4 Å². The monoisotopic (exact) mass is 407 g/mol. The van der Waals surface area contributed by atoms with E-state index in [2.05, 4.69) is 4.99 Å². The second kappa shape index (κ2) is 7.04. The molecule has 1 aromatic heterocycles. The zero-order valence-corrected chi connectivity index (χ0v) is 17.9. The van der Waals surface area contributed by atoms with Crippen LogP contribution in [0.1, 0.15) is 50.7 Å². The highest BCUT2D eigenvalue weighted by molar-refractivity contribution is 6.12. The zero-order chi connectivity index (χ0) is 21.8. The number of nitrogens with zero attached hydrogens (tertiary/aromatic N) is 1. The molecule has 2 aromatic rings. The summed E-state index contributed by atoms with van der Waals surface area (Å²) < 4.78 is 10.8. The number of allylic oxidation sites excluding steroid dienone is 1. The fourth-order valence-corrected chi connectivity index (χ4v) is 4.78. The number of fused-ring (bicyclic) bond motifs is 2. The van der Waals surface area contributed by atoms with Crippen LogP contribution in [0.4, 0.5) is 0 Å². The predicted molar refractivity (Wildman–Crippen MR) is 114 cm³/mol. The van der Waals surface area contributed by atoms with E-state index in [0.717, 1.165) is 11.3 Å². The van der Waals surface area contributed by atoms with Gasteiger partial charge in [-0.1, -0.05) is 25.5 Å². The molecule has 30 heavy (non-hydrogen) atoms. The molecule has 2 atom stereocenters. The Balaban J connectivity index is 1.98. The normalized spacial score (nSPS) is 23.2. The summed E-state index contributed by atoms with van der Waals surface area (Å²) in [5, 5.41) is 0.432. The number of benzene rings is 1. The van der Waals surface area contributed by atoms with E-state index in [1.54, 1.807) is 19.1 Å². The van der Waals surface area contributed by atoms with E-state index in [9.17, 15) is 14.4 Å². The van der Waals surface area contributed by atoms with Crippen molar-refractivity contribution in [2.24, 2.45) is 16.3 Å². The number of rotatable bonds is 2. The van der Waals surface area contributed by atoms with Crippen LogP contribution < -0.4 is 5.43 Å². The molecule has 1 aromatic carbocycles. The minimum absolute atomic E-state index is 0.0207. The Morgan fingerprint density at radius 1 is 1.17 bits per heavy atom. The van der Waals surface area contributed by atoms with Gasteiger partial charge in [-0.25, -0.2) is 4.79 Å². The number of methoxy groups -OCH3 is 1. The third kappa shape index (κ3) is 3.20. The molecule has 1 unspecified atom stereocenters. The van der Waals surface area contributed by atoms with Gasteiger partial charge < -0.3 is 9.15 Å². The lowest BCUT2D eigenvalue weighted by Crippen LogP contribution is -2.45. The van der Waals surface area contributed by atoms with E-state index >= 15 is 0 Å². The van der Waals surface area contributed by atoms with E-state index in [1.807, 2.05) is 26.8 Å². The maximum Gasteiger partial charge on any atom is 0.336 e. The number of aliphatic imine (C=N–C) groups is 1. The zero-order valence-electron chi connectivity index (χ0n) is 17.9. The van der Waals surface area contributed by atoms with Gasteiger partial charge in [-0.2, -0.15) is 0 Å². The van der Waals surface area contributed by atoms with Crippen molar-refractivity contribution in [3.05, 3.63) is 57.1 Å². The van der Waals surface area contributed by atoms with Gasteiger partial charge in [0.25, 0.3) is 0 Å². The molecule has 0 saturated heterocycles. The van der Waals surface area contributed by atoms with Crippen molar-refractivity contribution in [3.63, 3.8) is 0 Å². The minimum Gasteiger partial charge on any atom is -0.466 e. The number of Topliss-reactive ketones (excluding diaryl/α,β-unsaturated/α-hetero) is 1. The number of carbonyl (C=O) groups is 2. The van der Waals surface area contributed by atoms with Crippen LogP contribution in [0.15, 0.2) is 49.9 Å². The largest absolute Gasteiger partial charge is 0.466 e. The highest BCUT2D eigenvalue weighted by atomic mass is 16.5. The van der Waals surface area contributed by atoms with Crippen LogP contribution in [0.2, 0.25) is 0 Å². The first-order valence-corrected chi connectivity index (χ1v) is 10.0. The lowest BCUT2D eigenvalue weighted by atomic mass is 9.63. The SMILES string of the molecule is COC(=O)C1=C(C)N=C2CC(C)(C)CC(=O)C2[C@@H]1c1coc2ccc(C)cc2c1=O. The molecule has 0 radical (unpaired) electrons. The van der Waals surface area contributed by atoms with Gasteiger partial charge in [0.15, 0.2) is 5.43 Å². The second-order valence-corrected chi connectivity index (χ2v) is 9.05. The third-order valence-corrected chi connectivity index (χ3v) is 6.06. The molecule has 156 valence electrons. The molecule has 1 saturated carbocycles. The van der Waals surface area contributed by atoms with Crippen LogP contribution in [-0.4, -0.2) is 24.6 Å². The first kappa shape index (κ1) is 20.3. The van der Waals surface area contributed by atoms with Crippen LogP contribution in [0.5, 0.6) is 0 Å². The average molecular weight is 407 g/mol. The van der Waals surface area contributed by atoms with E-state index in [0.29, 0.717) is 35.1 Å². The quantitative estimate of drug-likeness (QED) is 0.700. The third-order valence-electron chi connectivity index (χ3n) is 6.06. The molecule has 1 fully saturated rings. The Morgan fingerprint density at radius 2 is 1.90 bits per heavy atom. The number of esters is 1. The summed E-state index contributed by atoms with van der Waals surface area (Å²) in [6.45, 7) is 7.68. The average Bonchev–Trinajstić information content (AvgIpc) is 2.66. The Hall–Kier alpha value is -3.02. The summed E-state index contributed by atoms with van der Waals surface area (Å²) in [5.74, 6) is -2.04. The maximum absolute atomic E-state index is 13.5. The molecular formula is C24H25NO5. The summed E-state index contributed by atoms with van der Waals surface area (Å²) in [5.41, 5.74) is 2.67. The van der Waals surface area contributed by atoms with Crippen LogP contribution >= 0.6 is 0 Å². The molecule has 2 heterocycles. The minimum atomic E-state index is -0.769. The number of ether oxygens (including phenoxy) is 1. The van der Waals surface area contributed by atoms with Crippen molar-refractivity contribution in [1.29, 1.82) is 0 Å². The summed E-state index contributed by atoms with van der Waals surface area (Å²) in [7, 11) is 1.29. The van der Waals surface area contributed by atoms with Gasteiger partial charge in [-0.3, -0.25) is 14.6 Å². The first-order chi connectivity index (χ1) is 14.1. The summed E-state index contributed by atoms with van der Waals surface area (Å²) in [6.07, 6.45) is 2.37. The van der Waals surface area contributed by atoms with Crippen molar-refractivity contribution >= 4 is 28.4 Å². The van der Waals surface area contributed by atoms with Crippen LogP contribution in [0.3, 0.4) is 0 Å². The van der Waals surface area contributed by atoms with Gasteiger partial charge in [0, 0.05) is 29.3 Å². The van der Waals surface area contributed by atoms with Crippen molar-refractivity contribution in [3.8, 4) is 0 Å². The fraction of sp³-hybridized carbons (Fsp3) is 0.417. The van der Waals surface area contributed by atoms with E-state index in [-0.39, 0.29) is 22.2 Å². The lowest BCUT2D eigenvalue weighted by Gasteiger charge is -2.40. The van der Waals surface area contributed by atoms with Crippen molar-refractivity contribution in [1.82, 2.24) is 0 Å².